The van der Waals surface area contributed by atoms with Gasteiger partial charge in [-0.1, -0.05) is 26.0 Å². The van der Waals surface area contributed by atoms with E-state index in [0.29, 0.717) is 47.8 Å². The number of fused-ring (bicyclic) bond motifs is 1. The maximum Gasteiger partial charge on any atom is 0.255 e. The van der Waals surface area contributed by atoms with E-state index in [1.807, 2.05) is 31.2 Å². The third-order valence-corrected chi connectivity index (χ3v) is 5.39. The van der Waals surface area contributed by atoms with Gasteiger partial charge in [-0.25, -0.2) is 0 Å². The Morgan fingerprint density at radius 1 is 1.10 bits per heavy atom. The normalized spacial score (nSPS) is 12.6. The van der Waals surface area contributed by atoms with Gasteiger partial charge in [0.2, 0.25) is 5.91 Å². The lowest BCUT2D eigenvalue weighted by Gasteiger charge is -2.22. The van der Waals surface area contributed by atoms with Crippen molar-refractivity contribution in [1.82, 2.24) is 4.90 Å². The third-order valence-electron chi connectivity index (χ3n) is 4.31. The molecule has 0 unspecified atom stereocenters. The molecule has 1 heterocycles. The predicted octanol–water partition coefficient (Wildman–Crippen LogP) is 4.06. The molecule has 2 amide bonds. The molecule has 0 radical (unpaired) electrons. The number of rotatable bonds is 7. The van der Waals surface area contributed by atoms with Crippen molar-refractivity contribution in [2.45, 2.75) is 30.9 Å². The van der Waals surface area contributed by atoms with E-state index in [4.69, 9.17) is 9.47 Å². The van der Waals surface area contributed by atoms with E-state index in [1.165, 1.54) is 0 Å². The Kier molecular flexibility index (Phi) is 7.04. The van der Waals surface area contributed by atoms with Gasteiger partial charge in [0.1, 0.15) is 19.8 Å². The van der Waals surface area contributed by atoms with Crippen molar-refractivity contribution in [1.29, 1.82) is 0 Å². The van der Waals surface area contributed by atoms with E-state index in [-0.39, 0.29) is 18.4 Å². The highest BCUT2D eigenvalue weighted by Crippen LogP contribution is 2.32. The average Bonchev–Trinajstić information content (AvgIpc) is 2.71. The Balaban J connectivity index is 1.68. The fourth-order valence-electron chi connectivity index (χ4n) is 2.99. The molecule has 0 aromatic heterocycles. The van der Waals surface area contributed by atoms with Gasteiger partial charge in [0.15, 0.2) is 11.5 Å². The van der Waals surface area contributed by atoms with Gasteiger partial charge in [-0.05, 0) is 31.2 Å². The van der Waals surface area contributed by atoms with E-state index >= 15 is 0 Å². The number of nitrogens with one attached hydrogen (secondary N) is 1. The van der Waals surface area contributed by atoms with Crippen LogP contribution in [0.25, 0.3) is 0 Å². The largest absolute Gasteiger partial charge is 0.486 e. The zero-order chi connectivity index (χ0) is 20.8. The van der Waals surface area contributed by atoms with E-state index in [1.54, 1.807) is 34.9 Å². The summed E-state index contributed by atoms with van der Waals surface area (Å²) in [5.74, 6) is 0.871. The zero-order valence-corrected chi connectivity index (χ0v) is 17.8. The van der Waals surface area contributed by atoms with Crippen LogP contribution in [0.15, 0.2) is 47.4 Å². The van der Waals surface area contributed by atoms with Crippen molar-refractivity contribution in [3.05, 3.63) is 48.0 Å². The fourth-order valence-corrected chi connectivity index (χ4v) is 3.94. The second kappa shape index (κ2) is 9.69. The van der Waals surface area contributed by atoms with Crippen LogP contribution in [0.3, 0.4) is 0 Å². The lowest BCUT2D eigenvalue weighted by atomic mass is 10.2. The quantitative estimate of drug-likeness (QED) is 0.692. The molecule has 3 rings (SSSR count). The summed E-state index contributed by atoms with van der Waals surface area (Å²) in [4.78, 5) is 28.1. The Hall–Kier alpha value is -2.67. The number of carbonyl (C=O) groups is 2. The molecule has 0 aliphatic carbocycles. The predicted molar refractivity (Wildman–Crippen MR) is 115 cm³/mol. The van der Waals surface area contributed by atoms with Crippen LogP contribution in [-0.4, -0.2) is 48.3 Å². The number of benzene rings is 2. The van der Waals surface area contributed by atoms with E-state index in [9.17, 15) is 9.59 Å². The first-order chi connectivity index (χ1) is 14.0. The number of thioether (sulfide) groups is 1. The van der Waals surface area contributed by atoms with Crippen LogP contribution >= 0.6 is 11.8 Å². The second-order valence-corrected chi connectivity index (χ2v) is 8.51. The molecule has 0 fully saturated rings. The van der Waals surface area contributed by atoms with Crippen molar-refractivity contribution in [3.63, 3.8) is 0 Å². The minimum atomic E-state index is -0.258. The van der Waals surface area contributed by atoms with E-state index in [2.05, 4.69) is 19.2 Å². The van der Waals surface area contributed by atoms with Crippen molar-refractivity contribution >= 4 is 29.3 Å². The number of ether oxygens (including phenoxy) is 2. The van der Waals surface area contributed by atoms with Gasteiger partial charge >= 0.3 is 0 Å². The molecular formula is C22H26N2O4S. The number of anilines is 1. The minimum absolute atomic E-state index is 0.0234. The maximum atomic E-state index is 13.1. The van der Waals surface area contributed by atoms with Gasteiger partial charge in [-0.3, -0.25) is 9.59 Å². The molecule has 2 aromatic carbocycles. The van der Waals surface area contributed by atoms with Crippen LogP contribution in [0.4, 0.5) is 5.69 Å². The molecule has 0 saturated carbocycles. The van der Waals surface area contributed by atoms with Crippen molar-refractivity contribution in [2.75, 3.05) is 31.6 Å². The number of likely N-dealkylation sites (N-methyl/N-ethyl adjacent to an activating group) is 1. The molecule has 0 spiro atoms. The highest BCUT2D eigenvalue weighted by Gasteiger charge is 2.21. The highest BCUT2D eigenvalue weighted by atomic mass is 32.2. The average molecular weight is 415 g/mol. The summed E-state index contributed by atoms with van der Waals surface area (Å²) in [5, 5.41) is 3.20. The first-order valence-electron chi connectivity index (χ1n) is 9.72. The highest BCUT2D eigenvalue weighted by molar-refractivity contribution is 8.00. The zero-order valence-electron chi connectivity index (χ0n) is 16.9. The molecule has 29 heavy (non-hydrogen) atoms. The summed E-state index contributed by atoms with van der Waals surface area (Å²) in [6.07, 6.45) is 0. The Bertz CT molecular complexity index is 885. The third kappa shape index (κ3) is 5.44. The number of hydrogen-bond acceptors (Lipinski definition) is 5. The summed E-state index contributed by atoms with van der Waals surface area (Å²) in [5.41, 5.74) is 1.23. The van der Waals surface area contributed by atoms with Crippen LogP contribution in [0, 0.1) is 0 Å². The van der Waals surface area contributed by atoms with E-state index in [0.717, 1.165) is 4.90 Å². The monoisotopic (exact) mass is 414 g/mol. The van der Waals surface area contributed by atoms with Gasteiger partial charge in [0.25, 0.3) is 5.91 Å². The first-order valence-corrected chi connectivity index (χ1v) is 10.6. The maximum absolute atomic E-state index is 13.1. The molecule has 2 aromatic rings. The lowest BCUT2D eigenvalue weighted by molar-refractivity contribution is -0.116. The molecule has 7 heteroatoms. The Morgan fingerprint density at radius 2 is 1.83 bits per heavy atom. The summed E-state index contributed by atoms with van der Waals surface area (Å²) < 4.78 is 11.0. The summed E-state index contributed by atoms with van der Waals surface area (Å²) in [6.45, 7) is 7.46. The Morgan fingerprint density at radius 3 is 2.55 bits per heavy atom. The second-order valence-electron chi connectivity index (χ2n) is 6.89. The number of hydrogen-bond donors (Lipinski definition) is 1. The van der Waals surface area contributed by atoms with Crippen LogP contribution in [0.2, 0.25) is 0 Å². The fraction of sp³-hybridized carbons (Fsp3) is 0.364. The van der Waals surface area contributed by atoms with Gasteiger partial charge < -0.3 is 19.7 Å². The number of nitrogens with zero attached hydrogens (tertiary/aromatic N) is 1. The smallest absolute Gasteiger partial charge is 0.255 e. The molecule has 6 nitrogen and oxygen atoms in total. The van der Waals surface area contributed by atoms with Crippen molar-refractivity contribution < 1.29 is 19.1 Å². The van der Waals surface area contributed by atoms with Crippen molar-refractivity contribution in [3.8, 4) is 11.5 Å². The van der Waals surface area contributed by atoms with Crippen LogP contribution < -0.4 is 14.8 Å². The molecular weight excluding hydrogens is 388 g/mol. The van der Waals surface area contributed by atoms with Crippen molar-refractivity contribution in [2.24, 2.45) is 0 Å². The molecule has 1 aliphatic heterocycles. The molecule has 1 N–H and O–H groups in total. The van der Waals surface area contributed by atoms with Gasteiger partial charge in [0.05, 0.1) is 5.56 Å². The van der Waals surface area contributed by atoms with Crippen LogP contribution in [-0.2, 0) is 4.79 Å². The van der Waals surface area contributed by atoms with E-state index < -0.39 is 0 Å². The standard InChI is InChI=1S/C22H26N2O4S/c1-4-24(22(26)17-7-5-6-8-20(17)29-15(2)3)14-21(25)23-16-9-10-18-19(13-16)28-12-11-27-18/h5-10,13,15H,4,11-12,14H2,1-3H3,(H,23,25). The molecule has 0 atom stereocenters. The number of amides is 2. The van der Waals surface area contributed by atoms with Gasteiger partial charge in [-0.2, -0.15) is 0 Å². The first kappa shape index (κ1) is 21.0. The lowest BCUT2D eigenvalue weighted by Crippen LogP contribution is -2.38. The topological polar surface area (TPSA) is 67.9 Å². The number of carbonyl (C=O) groups excluding carboxylic acids is 2. The SMILES string of the molecule is CCN(CC(=O)Nc1ccc2c(c1)OCCO2)C(=O)c1ccccc1SC(C)C. The van der Waals surface area contributed by atoms with Gasteiger partial charge in [-0.15, -0.1) is 11.8 Å². The molecule has 1 aliphatic rings. The summed E-state index contributed by atoms with van der Waals surface area (Å²) >= 11 is 1.64. The van der Waals surface area contributed by atoms with Crippen LogP contribution in [0.5, 0.6) is 11.5 Å². The molecule has 154 valence electrons. The van der Waals surface area contributed by atoms with Gasteiger partial charge in [0, 0.05) is 28.4 Å². The minimum Gasteiger partial charge on any atom is -0.486 e. The summed E-state index contributed by atoms with van der Waals surface area (Å²) in [6, 6.07) is 12.8. The summed E-state index contributed by atoms with van der Waals surface area (Å²) in [7, 11) is 0. The molecule has 0 bridgehead atoms. The molecule has 0 saturated heterocycles. The Labute approximate surface area is 175 Å². The van der Waals surface area contributed by atoms with Crippen LogP contribution in [0.1, 0.15) is 31.1 Å².